The first-order valence-corrected chi connectivity index (χ1v) is 10.8. The number of aromatic nitrogens is 2. The Morgan fingerprint density at radius 2 is 1.77 bits per heavy atom. The van der Waals surface area contributed by atoms with E-state index in [1.54, 1.807) is 24.0 Å². The van der Waals surface area contributed by atoms with Gasteiger partial charge in [0, 0.05) is 38.3 Å². The molecule has 10 heteroatoms. The van der Waals surface area contributed by atoms with Gasteiger partial charge in [-0.05, 0) is 37.1 Å². The summed E-state index contributed by atoms with van der Waals surface area (Å²) >= 11 is 1.35. The average molecular weight is 435 g/mol. The van der Waals surface area contributed by atoms with Crippen molar-refractivity contribution in [3.8, 4) is 0 Å². The topological polar surface area (TPSA) is 90.5 Å². The molecule has 1 fully saturated rings. The summed E-state index contributed by atoms with van der Waals surface area (Å²) in [5.41, 5.74) is 0.929. The average Bonchev–Trinajstić information content (AvgIpc) is 3.14. The molecule has 0 bridgehead atoms. The predicted molar refractivity (Wildman–Crippen MR) is 115 cm³/mol. The van der Waals surface area contributed by atoms with Crippen molar-refractivity contribution in [1.82, 2.24) is 20.4 Å². The van der Waals surface area contributed by atoms with Crippen LogP contribution >= 0.6 is 11.3 Å². The molecule has 1 saturated heterocycles. The Balaban J connectivity index is 1.45. The van der Waals surface area contributed by atoms with Crippen molar-refractivity contribution in [2.75, 3.05) is 36.4 Å². The number of urea groups is 1. The number of carbonyl (C=O) groups is 2. The summed E-state index contributed by atoms with van der Waals surface area (Å²) in [7, 11) is 0. The number of piperazine rings is 1. The number of halogens is 1. The van der Waals surface area contributed by atoms with E-state index in [-0.39, 0.29) is 17.8 Å². The Morgan fingerprint density at radius 3 is 2.40 bits per heavy atom. The molecule has 30 heavy (non-hydrogen) atoms. The molecule has 1 aromatic heterocycles. The molecule has 0 spiro atoms. The van der Waals surface area contributed by atoms with E-state index in [0.717, 1.165) is 17.1 Å². The van der Waals surface area contributed by atoms with Crippen LogP contribution in [0, 0.1) is 11.7 Å². The fourth-order valence-corrected chi connectivity index (χ4v) is 4.07. The minimum absolute atomic E-state index is 0.270. The fraction of sp³-hybridized carbons (Fsp3) is 0.500. The second kappa shape index (κ2) is 9.84. The lowest BCUT2D eigenvalue weighted by Gasteiger charge is -2.36. The first-order chi connectivity index (χ1) is 14.3. The maximum Gasteiger partial charge on any atom is 0.318 e. The first kappa shape index (κ1) is 21.9. The van der Waals surface area contributed by atoms with Crippen LogP contribution in [-0.2, 0) is 11.2 Å². The number of benzene rings is 1. The summed E-state index contributed by atoms with van der Waals surface area (Å²) in [6, 6.07) is 5.34. The molecule has 1 aliphatic heterocycles. The van der Waals surface area contributed by atoms with Gasteiger partial charge in [0.2, 0.25) is 11.0 Å². The van der Waals surface area contributed by atoms with Crippen LogP contribution in [0.25, 0.3) is 0 Å². The lowest BCUT2D eigenvalue weighted by atomic mass is 10.1. The van der Waals surface area contributed by atoms with Crippen molar-refractivity contribution < 1.29 is 14.0 Å². The number of nitrogens with zero attached hydrogens (tertiary/aromatic N) is 4. The van der Waals surface area contributed by atoms with Gasteiger partial charge in [-0.15, -0.1) is 10.2 Å². The fourth-order valence-electron chi connectivity index (χ4n) is 3.11. The van der Waals surface area contributed by atoms with E-state index in [2.05, 4.69) is 39.6 Å². The van der Waals surface area contributed by atoms with Gasteiger partial charge >= 0.3 is 6.03 Å². The number of hydrogen-bond acceptors (Lipinski definition) is 6. The maximum absolute atomic E-state index is 13.1. The molecule has 1 aromatic carbocycles. The third kappa shape index (κ3) is 5.88. The second-order valence-corrected chi connectivity index (χ2v) is 8.77. The lowest BCUT2D eigenvalue weighted by Crippen LogP contribution is -2.54. The van der Waals surface area contributed by atoms with Gasteiger partial charge in [0.1, 0.15) is 16.9 Å². The van der Waals surface area contributed by atoms with Crippen molar-refractivity contribution in [2.24, 2.45) is 5.92 Å². The number of rotatable bonds is 6. The van der Waals surface area contributed by atoms with Gasteiger partial charge in [-0.3, -0.25) is 10.1 Å². The lowest BCUT2D eigenvalue weighted by molar-refractivity contribution is -0.117. The van der Waals surface area contributed by atoms with E-state index in [0.29, 0.717) is 37.2 Å². The highest BCUT2D eigenvalue weighted by molar-refractivity contribution is 7.15. The third-order valence-electron chi connectivity index (χ3n) is 4.77. The molecule has 2 heterocycles. The normalized spacial score (nSPS) is 15.2. The van der Waals surface area contributed by atoms with Crippen molar-refractivity contribution >= 4 is 34.1 Å². The van der Waals surface area contributed by atoms with E-state index in [1.807, 2.05) is 0 Å². The van der Waals surface area contributed by atoms with Gasteiger partial charge in [0.25, 0.3) is 0 Å². The van der Waals surface area contributed by atoms with E-state index < -0.39 is 6.04 Å². The molecule has 3 amide bonds. The Bertz CT molecular complexity index is 864. The highest BCUT2D eigenvalue weighted by atomic mass is 32.1. The summed E-state index contributed by atoms with van der Waals surface area (Å²) in [4.78, 5) is 28.7. The zero-order valence-electron chi connectivity index (χ0n) is 17.4. The summed E-state index contributed by atoms with van der Waals surface area (Å²) in [5, 5.41) is 14.8. The minimum atomic E-state index is -0.704. The van der Waals surface area contributed by atoms with E-state index in [9.17, 15) is 14.0 Å². The second-order valence-electron chi connectivity index (χ2n) is 7.71. The molecule has 1 aliphatic rings. The number of carbonyl (C=O) groups excluding carboxylic acids is 2. The predicted octanol–water partition coefficient (Wildman–Crippen LogP) is 2.73. The van der Waals surface area contributed by atoms with Crippen LogP contribution < -0.4 is 15.5 Å². The van der Waals surface area contributed by atoms with Crippen LogP contribution in [0.2, 0.25) is 0 Å². The Hall–Kier alpha value is -2.75. The monoisotopic (exact) mass is 434 g/mol. The molecular weight excluding hydrogens is 407 g/mol. The molecule has 0 saturated carbocycles. The minimum Gasteiger partial charge on any atom is -0.368 e. The van der Waals surface area contributed by atoms with Gasteiger partial charge in [0.05, 0.1) is 0 Å². The van der Waals surface area contributed by atoms with E-state index in [4.69, 9.17) is 0 Å². The van der Waals surface area contributed by atoms with Gasteiger partial charge in [0.15, 0.2) is 0 Å². The van der Waals surface area contributed by atoms with Crippen molar-refractivity contribution in [2.45, 2.75) is 33.2 Å². The number of hydrogen-bond donors (Lipinski definition) is 2. The summed E-state index contributed by atoms with van der Waals surface area (Å²) < 4.78 is 13.1. The molecule has 0 unspecified atom stereocenters. The molecule has 162 valence electrons. The molecule has 8 nitrogen and oxygen atoms in total. The smallest absolute Gasteiger partial charge is 0.318 e. The van der Waals surface area contributed by atoms with E-state index in [1.165, 1.54) is 23.5 Å². The highest BCUT2D eigenvalue weighted by Gasteiger charge is 2.24. The molecule has 2 N–H and O–H groups in total. The van der Waals surface area contributed by atoms with Crippen LogP contribution in [0.3, 0.4) is 0 Å². The molecule has 0 radical (unpaired) electrons. The van der Waals surface area contributed by atoms with E-state index >= 15 is 0 Å². The summed E-state index contributed by atoms with van der Waals surface area (Å²) in [5.74, 6) is -0.141. The van der Waals surface area contributed by atoms with Crippen molar-refractivity contribution in [3.05, 3.63) is 35.1 Å². The molecule has 3 rings (SSSR count). The maximum atomic E-state index is 13.1. The Morgan fingerprint density at radius 1 is 1.10 bits per heavy atom. The number of anilines is 2. The largest absolute Gasteiger partial charge is 0.368 e. The molecule has 1 atom stereocenters. The van der Waals surface area contributed by atoms with Crippen LogP contribution in [0.4, 0.5) is 20.0 Å². The number of amides is 3. The summed E-state index contributed by atoms with van der Waals surface area (Å²) in [6.07, 6.45) is 0.809. The Kier molecular flexibility index (Phi) is 7.20. The first-order valence-electron chi connectivity index (χ1n) is 10.0. The molecular formula is C20H27FN6O2S. The zero-order chi connectivity index (χ0) is 21.7. The SMILES string of the molecule is CC(C)Cc1nnc(NC(=O)[C@@H](C)NC(=O)N2CCN(c3ccc(F)cc3)CC2)s1. The molecule has 0 aliphatic carbocycles. The van der Waals surface area contributed by atoms with Crippen LogP contribution in [0.1, 0.15) is 25.8 Å². The van der Waals surface area contributed by atoms with Crippen molar-refractivity contribution in [3.63, 3.8) is 0 Å². The highest BCUT2D eigenvalue weighted by Crippen LogP contribution is 2.19. The van der Waals surface area contributed by atoms with Gasteiger partial charge in [-0.1, -0.05) is 25.2 Å². The van der Waals surface area contributed by atoms with Crippen LogP contribution in [0.15, 0.2) is 24.3 Å². The van der Waals surface area contributed by atoms with Gasteiger partial charge in [-0.25, -0.2) is 9.18 Å². The third-order valence-corrected chi connectivity index (χ3v) is 5.63. The van der Waals surface area contributed by atoms with Gasteiger partial charge < -0.3 is 15.1 Å². The van der Waals surface area contributed by atoms with Crippen LogP contribution in [0.5, 0.6) is 0 Å². The quantitative estimate of drug-likeness (QED) is 0.730. The summed E-state index contributed by atoms with van der Waals surface area (Å²) in [6.45, 7) is 8.15. The van der Waals surface area contributed by atoms with Gasteiger partial charge in [-0.2, -0.15) is 0 Å². The molecule has 2 aromatic rings. The Labute approximate surface area is 179 Å². The standard InChI is InChI=1S/C20H27FN6O2S/c1-13(2)12-17-24-25-19(30-17)23-18(28)14(3)22-20(29)27-10-8-26(9-11-27)16-6-4-15(21)5-7-16/h4-7,13-14H,8-12H2,1-3H3,(H,22,29)(H,23,25,28)/t14-/m1/s1. The number of nitrogens with one attached hydrogen (secondary N) is 2. The van der Waals surface area contributed by atoms with Crippen LogP contribution in [-0.4, -0.2) is 59.3 Å². The zero-order valence-corrected chi connectivity index (χ0v) is 18.2. The van der Waals surface area contributed by atoms with Crippen molar-refractivity contribution in [1.29, 1.82) is 0 Å².